The minimum atomic E-state index is -1.66. The Labute approximate surface area is 157 Å². The number of ether oxygens (including phenoxy) is 1. The van der Waals surface area contributed by atoms with Gasteiger partial charge in [-0.2, -0.15) is 0 Å². The second kappa shape index (κ2) is 9.30. The summed E-state index contributed by atoms with van der Waals surface area (Å²) in [4.78, 5) is 0. The van der Waals surface area contributed by atoms with Gasteiger partial charge in [-0.25, -0.2) is 13.2 Å². The number of rotatable bonds is 6. The molecule has 0 aromatic rings. The lowest BCUT2D eigenvalue weighted by atomic mass is 9.63. The number of hydrogen-bond acceptors (Lipinski definition) is 1. The second-order valence-electron chi connectivity index (χ2n) is 9.27. The first-order chi connectivity index (χ1) is 12.5. The summed E-state index contributed by atoms with van der Waals surface area (Å²) in [6.07, 6.45) is 6.51. The molecule has 0 bridgehead atoms. The molecular formula is C22H37F3O. The Bertz CT molecular complexity index is 422. The third-order valence-electron chi connectivity index (χ3n) is 7.73. The number of hydrogen-bond donors (Lipinski definition) is 0. The maximum Gasteiger partial charge on any atom is 0.137 e. The first-order valence-corrected chi connectivity index (χ1v) is 11.0. The van der Waals surface area contributed by atoms with Crippen molar-refractivity contribution in [2.45, 2.75) is 102 Å². The Kier molecular flexibility index (Phi) is 7.32. The van der Waals surface area contributed by atoms with Gasteiger partial charge in [-0.05, 0) is 49.4 Å². The molecule has 3 aliphatic carbocycles. The van der Waals surface area contributed by atoms with Crippen molar-refractivity contribution in [3.8, 4) is 0 Å². The first-order valence-electron chi connectivity index (χ1n) is 11.0. The van der Waals surface area contributed by atoms with E-state index in [1.807, 2.05) is 0 Å². The van der Waals surface area contributed by atoms with Crippen molar-refractivity contribution in [2.24, 2.45) is 29.6 Å². The summed E-state index contributed by atoms with van der Waals surface area (Å²) in [5, 5.41) is 0. The summed E-state index contributed by atoms with van der Waals surface area (Å²) in [6, 6.07) is 0. The van der Waals surface area contributed by atoms with Crippen molar-refractivity contribution in [1.82, 2.24) is 0 Å². The van der Waals surface area contributed by atoms with Gasteiger partial charge >= 0.3 is 0 Å². The molecule has 0 radical (unpaired) electrons. The van der Waals surface area contributed by atoms with Gasteiger partial charge in [-0.1, -0.05) is 51.9 Å². The highest BCUT2D eigenvalue weighted by Gasteiger charge is 2.52. The van der Waals surface area contributed by atoms with E-state index >= 15 is 0 Å². The largest absolute Gasteiger partial charge is 0.378 e. The number of halogens is 3. The summed E-state index contributed by atoms with van der Waals surface area (Å²) in [6.45, 7) is 2.25. The van der Waals surface area contributed by atoms with E-state index in [0.717, 1.165) is 25.2 Å². The van der Waals surface area contributed by atoms with E-state index in [9.17, 15) is 13.2 Å². The minimum Gasteiger partial charge on any atom is -0.378 e. The average Bonchev–Trinajstić information content (AvgIpc) is 2.65. The Morgan fingerprint density at radius 1 is 0.769 bits per heavy atom. The Morgan fingerprint density at radius 3 is 2.04 bits per heavy atom. The zero-order valence-corrected chi connectivity index (χ0v) is 16.5. The molecule has 7 unspecified atom stereocenters. The van der Waals surface area contributed by atoms with Crippen molar-refractivity contribution in [2.75, 3.05) is 7.11 Å². The van der Waals surface area contributed by atoms with Crippen molar-refractivity contribution in [3.05, 3.63) is 0 Å². The highest BCUT2D eigenvalue weighted by Crippen LogP contribution is 2.48. The van der Waals surface area contributed by atoms with Crippen LogP contribution in [-0.4, -0.2) is 31.7 Å². The molecule has 3 fully saturated rings. The van der Waals surface area contributed by atoms with E-state index in [1.54, 1.807) is 0 Å². The van der Waals surface area contributed by atoms with Crippen LogP contribution >= 0.6 is 0 Å². The third-order valence-corrected chi connectivity index (χ3v) is 7.73. The topological polar surface area (TPSA) is 9.23 Å². The molecule has 0 amide bonds. The Balaban J connectivity index is 1.50. The van der Waals surface area contributed by atoms with Gasteiger partial charge in [0, 0.05) is 13.0 Å². The van der Waals surface area contributed by atoms with E-state index < -0.39 is 30.5 Å². The monoisotopic (exact) mass is 374 g/mol. The molecule has 152 valence electrons. The molecule has 0 aliphatic heterocycles. The normalized spacial score (nSPS) is 46.7. The molecule has 4 heteroatoms. The highest BCUT2D eigenvalue weighted by molar-refractivity contribution is 5.00. The molecule has 0 aromatic carbocycles. The number of methoxy groups -OCH3 is 1. The molecule has 0 spiro atoms. The van der Waals surface area contributed by atoms with Crippen LogP contribution < -0.4 is 0 Å². The van der Waals surface area contributed by atoms with E-state index in [4.69, 9.17) is 4.74 Å². The van der Waals surface area contributed by atoms with Gasteiger partial charge in [-0.3, -0.25) is 0 Å². The van der Waals surface area contributed by atoms with Crippen molar-refractivity contribution in [1.29, 1.82) is 0 Å². The van der Waals surface area contributed by atoms with Gasteiger partial charge in [0.15, 0.2) is 0 Å². The molecule has 0 aromatic heterocycles. The lowest BCUT2D eigenvalue weighted by molar-refractivity contribution is -0.116. The fraction of sp³-hybridized carbons (Fsp3) is 1.00. The summed E-state index contributed by atoms with van der Waals surface area (Å²) in [5.41, 5.74) is 0. The SMILES string of the molecule is CCCC1CCC(CCC2CC3CCC(OC)C(F)C3C(F)C2F)CC1. The Morgan fingerprint density at radius 2 is 1.42 bits per heavy atom. The first kappa shape index (κ1) is 20.5. The average molecular weight is 375 g/mol. The van der Waals surface area contributed by atoms with Crippen LogP contribution in [-0.2, 0) is 4.74 Å². The summed E-state index contributed by atoms with van der Waals surface area (Å²) in [7, 11) is 1.47. The standard InChI is InChI=1S/C22H37F3O/c1-3-4-14-5-7-15(8-6-14)9-10-17-13-16-11-12-18(26-2)21(24)19(16)22(25)20(17)23/h14-22H,3-13H2,1-2H3. The van der Waals surface area contributed by atoms with Gasteiger partial charge in [-0.15, -0.1) is 0 Å². The van der Waals surface area contributed by atoms with Crippen LogP contribution in [0, 0.1) is 29.6 Å². The molecule has 7 atom stereocenters. The van der Waals surface area contributed by atoms with Crippen molar-refractivity contribution in [3.63, 3.8) is 0 Å². The summed E-state index contributed by atoms with van der Waals surface area (Å²) < 4.78 is 49.2. The van der Waals surface area contributed by atoms with Crippen molar-refractivity contribution >= 4 is 0 Å². The van der Waals surface area contributed by atoms with Crippen LogP contribution in [0.25, 0.3) is 0 Å². The molecule has 0 saturated heterocycles. The fourth-order valence-corrected chi connectivity index (χ4v) is 6.13. The molecule has 3 saturated carbocycles. The minimum absolute atomic E-state index is 0.0105. The molecule has 1 nitrogen and oxygen atoms in total. The molecule has 0 heterocycles. The number of fused-ring (bicyclic) bond motifs is 1. The Hall–Kier alpha value is -0.250. The molecule has 0 N–H and O–H groups in total. The maximum absolute atomic E-state index is 14.8. The van der Waals surface area contributed by atoms with Crippen LogP contribution in [0.2, 0.25) is 0 Å². The van der Waals surface area contributed by atoms with Crippen LogP contribution in [0.3, 0.4) is 0 Å². The van der Waals surface area contributed by atoms with Crippen LogP contribution in [0.5, 0.6) is 0 Å². The van der Waals surface area contributed by atoms with E-state index in [0.29, 0.717) is 18.8 Å². The van der Waals surface area contributed by atoms with E-state index in [1.165, 1.54) is 45.6 Å². The lowest BCUT2D eigenvalue weighted by Gasteiger charge is -2.47. The second-order valence-corrected chi connectivity index (χ2v) is 9.27. The van der Waals surface area contributed by atoms with Crippen LogP contribution in [0.4, 0.5) is 13.2 Å². The quantitative estimate of drug-likeness (QED) is 0.519. The summed E-state index contributed by atoms with van der Waals surface area (Å²) in [5.74, 6) is 0.538. The molecule has 3 aliphatic rings. The maximum atomic E-state index is 14.8. The van der Waals surface area contributed by atoms with Gasteiger partial charge in [0.2, 0.25) is 0 Å². The molecule has 3 rings (SSSR count). The third kappa shape index (κ3) is 4.42. The smallest absolute Gasteiger partial charge is 0.137 e. The molecular weight excluding hydrogens is 337 g/mol. The van der Waals surface area contributed by atoms with Gasteiger partial charge in [0.1, 0.15) is 18.5 Å². The van der Waals surface area contributed by atoms with Crippen LogP contribution in [0.15, 0.2) is 0 Å². The molecule has 26 heavy (non-hydrogen) atoms. The zero-order chi connectivity index (χ0) is 18.7. The van der Waals surface area contributed by atoms with Gasteiger partial charge in [0.05, 0.1) is 6.10 Å². The summed E-state index contributed by atoms with van der Waals surface area (Å²) >= 11 is 0. The van der Waals surface area contributed by atoms with E-state index in [2.05, 4.69) is 6.92 Å². The zero-order valence-electron chi connectivity index (χ0n) is 16.5. The number of alkyl halides is 3. The lowest BCUT2D eigenvalue weighted by Crippen LogP contribution is -2.53. The van der Waals surface area contributed by atoms with E-state index in [-0.39, 0.29) is 11.8 Å². The van der Waals surface area contributed by atoms with Crippen LogP contribution in [0.1, 0.15) is 77.6 Å². The highest BCUT2D eigenvalue weighted by atomic mass is 19.2. The predicted molar refractivity (Wildman–Crippen MR) is 99.4 cm³/mol. The van der Waals surface area contributed by atoms with Gasteiger partial charge in [0.25, 0.3) is 0 Å². The predicted octanol–water partition coefficient (Wildman–Crippen LogP) is 6.45. The van der Waals surface area contributed by atoms with Crippen molar-refractivity contribution < 1.29 is 17.9 Å². The van der Waals surface area contributed by atoms with Gasteiger partial charge < -0.3 is 4.74 Å². The fourth-order valence-electron chi connectivity index (χ4n) is 6.13.